The Balaban J connectivity index is 0.00000180. The second-order valence-electron chi connectivity index (χ2n) is 4.77. The maximum absolute atomic E-state index is 13.4. The molecule has 1 aliphatic carbocycles. The van der Waals surface area contributed by atoms with E-state index in [-0.39, 0.29) is 30.5 Å². The summed E-state index contributed by atoms with van der Waals surface area (Å²) < 4.78 is 26.2. The molecule has 0 spiro atoms. The minimum Gasteiger partial charge on any atom is -0.329 e. The molecule has 0 aromatic heterocycles. The number of benzene rings is 1. The number of carbonyl (C=O) groups excluding carboxylic acids is 1. The van der Waals surface area contributed by atoms with E-state index in [1.165, 1.54) is 6.07 Å². The van der Waals surface area contributed by atoms with Crippen molar-refractivity contribution in [2.75, 3.05) is 11.9 Å². The normalized spacial score (nSPS) is 16.8. The van der Waals surface area contributed by atoms with E-state index in [0.29, 0.717) is 0 Å². The highest BCUT2D eigenvalue weighted by atomic mass is 35.5. The molecule has 3 N–H and O–H groups in total. The zero-order chi connectivity index (χ0) is 13.2. The number of hydrogen-bond donors (Lipinski definition) is 2. The molecule has 1 aliphatic rings. The Morgan fingerprint density at radius 1 is 1.32 bits per heavy atom. The van der Waals surface area contributed by atoms with Crippen molar-refractivity contribution < 1.29 is 13.6 Å². The van der Waals surface area contributed by atoms with Crippen molar-refractivity contribution in [2.24, 2.45) is 11.1 Å². The van der Waals surface area contributed by atoms with Crippen molar-refractivity contribution in [3.05, 3.63) is 29.8 Å². The second-order valence-corrected chi connectivity index (χ2v) is 4.77. The number of nitrogens with two attached hydrogens (primary N) is 1. The quantitative estimate of drug-likeness (QED) is 0.899. The predicted molar refractivity (Wildman–Crippen MR) is 72.2 cm³/mol. The number of halogens is 3. The highest BCUT2D eigenvalue weighted by Crippen LogP contribution is 2.38. The number of anilines is 1. The molecule has 0 radical (unpaired) electrons. The number of rotatable bonds is 3. The van der Waals surface area contributed by atoms with E-state index in [1.54, 1.807) is 0 Å². The third-order valence-electron chi connectivity index (χ3n) is 3.61. The fourth-order valence-electron chi connectivity index (χ4n) is 2.42. The van der Waals surface area contributed by atoms with Crippen LogP contribution in [0.4, 0.5) is 14.5 Å². The average Bonchev–Trinajstić information content (AvgIpc) is 2.82. The van der Waals surface area contributed by atoms with E-state index in [9.17, 15) is 13.6 Å². The molecule has 1 saturated carbocycles. The van der Waals surface area contributed by atoms with Gasteiger partial charge in [-0.05, 0) is 25.0 Å². The number of carbonyl (C=O) groups is 1. The van der Waals surface area contributed by atoms with Crippen molar-refractivity contribution in [2.45, 2.75) is 25.7 Å². The Morgan fingerprint density at radius 2 is 1.95 bits per heavy atom. The maximum atomic E-state index is 13.4. The van der Waals surface area contributed by atoms with E-state index in [4.69, 9.17) is 5.73 Å². The summed E-state index contributed by atoms with van der Waals surface area (Å²) in [5.74, 6) is -1.71. The van der Waals surface area contributed by atoms with Gasteiger partial charge in [0.25, 0.3) is 0 Å². The first-order valence-electron chi connectivity index (χ1n) is 6.04. The van der Waals surface area contributed by atoms with Crippen LogP contribution in [0.25, 0.3) is 0 Å². The van der Waals surface area contributed by atoms with Crippen LogP contribution in [-0.4, -0.2) is 12.5 Å². The van der Waals surface area contributed by atoms with E-state index in [0.717, 1.165) is 37.8 Å². The molecular weight excluding hydrogens is 274 g/mol. The predicted octanol–water partition coefficient (Wildman–Crippen LogP) is 2.84. The van der Waals surface area contributed by atoms with Gasteiger partial charge in [0, 0.05) is 12.6 Å². The van der Waals surface area contributed by atoms with Crippen molar-refractivity contribution in [3.63, 3.8) is 0 Å². The van der Waals surface area contributed by atoms with Crippen molar-refractivity contribution in [3.8, 4) is 0 Å². The van der Waals surface area contributed by atoms with Gasteiger partial charge in [-0.2, -0.15) is 0 Å². The summed E-state index contributed by atoms with van der Waals surface area (Å²) in [6, 6.07) is 3.09. The van der Waals surface area contributed by atoms with Crippen LogP contribution in [0.3, 0.4) is 0 Å². The Kier molecular flexibility index (Phi) is 5.26. The molecule has 1 fully saturated rings. The van der Waals surface area contributed by atoms with Gasteiger partial charge in [0.15, 0.2) is 0 Å². The molecular formula is C13H17ClF2N2O. The molecule has 2 rings (SSSR count). The van der Waals surface area contributed by atoms with Gasteiger partial charge in [-0.25, -0.2) is 8.78 Å². The molecule has 0 atom stereocenters. The summed E-state index contributed by atoms with van der Waals surface area (Å²) in [6.07, 6.45) is 3.35. The van der Waals surface area contributed by atoms with Crippen LogP contribution >= 0.6 is 12.4 Å². The molecule has 3 nitrogen and oxygen atoms in total. The van der Waals surface area contributed by atoms with Crippen LogP contribution in [-0.2, 0) is 4.79 Å². The second kappa shape index (κ2) is 6.30. The first-order valence-corrected chi connectivity index (χ1v) is 6.04. The lowest BCUT2D eigenvalue weighted by atomic mass is 9.85. The number of amides is 1. The van der Waals surface area contributed by atoms with Gasteiger partial charge in [-0.15, -0.1) is 12.4 Å². The first-order chi connectivity index (χ1) is 8.57. The van der Waals surface area contributed by atoms with Crippen LogP contribution in [0.2, 0.25) is 0 Å². The zero-order valence-electron chi connectivity index (χ0n) is 10.4. The van der Waals surface area contributed by atoms with Crippen LogP contribution in [0.5, 0.6) is 0 Å². The van der Waals surface area contributed by atoms with Crippen LogP contribution in [0, 0.1) is 17.0 Å². The lowest BCUT2D eigenvalue weighted by Crippen LogP contribution is -2.40. The summed E-state index contributed by atoms with van der Waals surface area (Å²) in [5.41, 5.74) is 5.08. The summed E-state index contributed by atoms with van der Waals surface area (Å²) in [6.45, 7) is 0.252. The molecule has 1 aromatic rings. The Bertz CT molecular complexity index is 462. The van der Waals surface area contributed by atoms with Crippen LogP contribution in [0.1, 0.15) is 25.7 Å². The van der Waals surface area contributed by atoms with Crippen molar-refractivity contribution >= 4 is 24.0 Å². The van der Waals surface area contributed by atoms with E-state index in [2.05, 4.69) is 5.32 Å². The highest BCUT2D eigenvalue weighted by molar-refractivity contribution is 5.95. The lowest BCUT2D eigenvalue weighted by Gasteiger charge is -2.25. The topological polar surface area (TPSA) is 55.1 Å². The molecule has 1 amide bonds. The molecule has 19 heavy (non-hydrogen) atoms. The van der Waals surface area contributed by atoms with Crippen LogP contribution < -0.4 is 11.1 Å². The van der Waals surface area contributed by atoms with Gasteiger partial charge >= 0.3 is 0 Å². The van der Waals surface area contributed by atoms with Gasteiger partial charge in [-0.3, -0.25) is 4.79 Å². The maximum Gasteiger partial charge on any atom is 0.231 e. The molecule has 0 heterocycles. The Morgan fingerprint density at radius 3 is 2.47 bits per heavy atom. The van der Waals surface area contributed by atoms with Crippen molar-refractivity contribution in [1.29, 1.82) is 0 Å². The van der Waals surface area contributed by atoms with E-state index >= 15 is 0 Å². The minimum absolute atomic E-state index is 0. The van der Waals surface area contributed by atoms with E-state index < -0.39 is 17.0 Å². The summed E-state index contributed by atoms with van der Waals surface area (Å²) in [4.78, 5) is 12.2. The van der Waals surface area contributed by atoms with Crippen molar-refractivity contribution in [1.82, 2.24) is 0 Å². The molecule has 1 aromatic carbocycles. The Labute approximate surface area is 117 Å². The molecule has 0 unspecified atom stereocenters. The number of hydrogen-bond acceptors (Lipinski definition) is 2. The first kappa shape index (κ1) is 15.9. The summed E-state index contributed by atoms with van der Waals surface area (Å²) >= 11 is 0. The largest absolute Gasteiger partial charge is 0.329 e. The summed E-state index contributed by atoms with van der Waals surface area (Å²) in [5, 5.41) is 2.51. The molecule has 106 valence electrons. The smallest absolute Gasteiger partial charge is 0.231 e. The van der Waals surface area contributed by atoms with E-state index in [1.807, 2.05) is 0 Å². The third-order valence-corrected chi connectivity index (χ3v) is 3.61. The fourth-order valence-corrected chi connectivity index (χ4v) is 2.42. The van der Waals surface area contributed by atoms with Gasteiger partial charge in [0.05, 0.1) is 11.1 Å². The molecule has 0 saturated heterocycles. The molecule has 0 bridgehead atoms. The Hall–Kier alpha value is -1.20. The van der Waals surface area contributed by atoms with Gasteiger partial charge in [0.2, 0.25) is 5.91 Å². The van der Waals surface area contributed by atoms with Gasteiger partial charge < -0.3 is 11.1 Å². The SMILES string of the molecule is Cl.NCC1(C(=O)Nc2ccc(F)cc2F)CCCC1. The van der Waals surface area contributed by atoms with Crippen LogP contribution in [0.15, 0.2) is 18.2 Å². The molecule has 6 heteroatoms. The minimum atomic E-state index is -0.770. The highest BCUT2D eigenvalue weighted by Gasteiger charge is 2.39. The van der Waals surface area contributed by atoms with Gasteiger partial charge in [-0.1, -0.05) is 12.8 Å². The van der Waals surface area contributed by atoms with Gasteiger partial charge in [0.1, 0.15) is 11.6 Å². The molecule has 0 aliphatic heterocycles. The zero-order valence-corrected chi connectivity index (χ0v) is 11.2. The average molecular weight is 291 g/mol. The lowest BCUT2D eigenvalue weighted by molar-refractivity contribution is -0.124. The standard InChI is InChI=1S/C13H16F2N2O.ClH/c14-9-3-4-11(10(15)7-9)17-12(18)13(8-16)5-1-2-6-13;/h3-4,7H,1-2,5-6,8,16H2,(H,17,18);1H. The third kappa shape index (κ3) is 3.22. The monoisotopic (exact) mass is 290 g/mol. The fraction of sp³-hybridized carbons (Fsp3) is 0.462. The number of nitrogens with one attached hydrogen (secondary N) is 1. The summed E-state index contributed by atoms with van der Waals surface area (Å²) in [7, 11) is 0.